The predicted octanol–water partition coefficient (Wildman–Crippen LogP) is 4.35. The molecule has 1 aliphatic rings. The van der Waals surface area contributed by atoms with E-state index in [0.29, 0.717) is 31.5 Å². The normalized spacial score (nSPS) is 14.3. The monoisotopic (exact) mass is 418 g/mol. The Kier molecular flexibility index (Phi) is 6.07. The highest BCUT2D eigenvalue weighted by atomic mass is 16.5. The van der Waals surface area contributed by atoms with Crippen LogP contribution in [0.25, 0.3) is 10.8 Å². The second-order valence-corrected chi connectivity index (χ2v) is 7.65. The Balaban J connectivity index is 1.41. The molecule has 3 aromatic rings. The van der Waals surface area contributed by atoms with Crippen LogP contribution in [0.2, 0.25) is 0 Å². The van der Waals surface area contributed by atoms with Crippen LogP contribution in [-0.2, 0) is 4.79 Å². The predicted molar refractivity (Wildman–Crippen MR) is 121 cm³/mol. The molecule has 0 spiro atoms. The van der Waals surface area contributed by atoms with E-state index >= 15 is 0 Å². The summed E-state index contributed by atoms with van der Waals surface area (Å²) in [6.07, 6.45) is 1.28. The van der Waals surface area contributed by atoms with E-state index < -0.39 is 0 Å². The fourth-order valence-corrected chi connectivity index (χ4v) is 4.07. The Bertz CT molecular complexity index is 1090. The van der Waals surface area contributed by atoms with Gasteiger partial charge < -0.3 is 19.7 Å². The van der Waals surface area contributed by atoms with Crippen LogP contribution in [0, 0.1) is 5.92 Å². The number of benzene rings is 3. The molecular weight excluding hydrogens is 392 g/mol. The van der Waals surface area contributed by atoms with Crippen LogP contribution in [0.5, 0.6) is 11.5 Å². The molecule has 6 heteroatoms. The van der Waals surface area contributed by atoms with E-state index in [9.17, 15) is 9.59 Å². The molecule has 1 heterocycles. The van der Waals surface area contributed by atoms with Crippen molar-refractivity contribution in [2.24, 2.45) is 5.92 Å². The zero-order valence-electron chi connectivity index (χ0n) is 17.8. The summed E-state index contributed by atoms with van der Waals surface area (Å²) in [5, 5.41) is 4.77. The summed E-state index contributed by atoms with van der Waals surface area (Å²) in [5.74, 6) is 1.37. The lowest BCUT2D eigenvalue weighted by atomic mass is 9.94. The Morgan fingerprint density at radius 1 is 0.871 bits per heavy atom. The summed E-state index contributed by atoms with van der Waals surface area (Å²) >= 11 is 0. The lowest BCUT2D eigenvalue weighted by Crippen LogP contribution is -2.41. The largest absolute Gasteiger partial charge is 0.497 e. The van der Waals surface area contributed by atoms with Crippen LogP contribution in [0.4, 0.5) is 5.69 Å². The standard InChI is InChI=1S/C25H26N2O4/c1-30-19-9-7-18(8-10-19)26-24(28)17-13-15-27(16-14-17)25(29)22-11-12-23(31-2)21-6-4-3-5-20(21)22/h3-12,17H,13-16H2,1-2H3,(H,26,28). The number of hydrogen-bond acceptors (Lipinski definition) is 4. The first-order chi connectivity index (χ1) is 15.1. The number of amides is 2. The van der Waals surface area contributed by atoms with Crippen LogP contribution >= 0.6 is 0 Å². The maximum Gasteiger partial charge on any atom is 0.254 e. The fraction of sp³-hybridized carbons (Fsp3) is 0.280. The summed E-state index contributed by atoms with van der Waals surface area (Å²) in [4.78, 5) is 27.7. The number of carbonyl (C=O) groups excluding carboxylic acids is 2. The molecule has 0 atom stereocenters. The molecule has 6 nitrogen and oxygen atoms in total. The van der Waals surface area contributed by atoms with Gasteiger partial charge in [0.15, 0.2) is 0 Å². The van der Waals surface area contributed by atoms with Crippen molar-refractivity contribution in [3.05, 3.63) is 66.2 Å². The van der Waals surface area contributed by atoms with Gasteiger partial charge >= 0.3 is 0 Å². The third kappa shape index (κ3) is 4.33. The summed E-state index contributed by atoms with van der Waals surface area (Å²) in [5.41, 5.74) is 1.41. The van der Waals surface area contributed by atoms with Gasteiger partial charge in [-0.15, -0.1) is 0 Å². The molecule has 4 rings (SSSR count). The molecule has 1 N–H and O–H groups in total. The number of hydrogen-bond donors (Lipinski definition) is 1. The molecule has 0 saturated carbocycles. The Morgan fingerprint density at radius 2 is 1.55 bits per heavy atom. The molecule has 31 heavy (non-hydrogen) atoms. The Morgan fingerprint density at radius 3 is 2.19 bits per heavy atom. The Hall–Kier alpha value is -3.54. The van der Waals surface area contributed by atoms with Crippen LogP contribution in [0.1, 0.15) is 23.2 Å². The van der Waals surface area contributed by atoms with Gasteiger partial charge in [-0.2, -0.15) is 0 Å². The molecule has 1 aliphatic heterocycles. The zero-order valence-corrected chi connectivity index (χ0v) is 17.8. The van der Waals surface area contributed by atoms with E-state index in [1.807, 2.05) is 65.6 Å². The van der Waals surface area contributed by atoms with Crippen LogP contribution in [0.3, 0.4) is 0 Å². The number of likely N-dealkylation sites (tertiary alicyclic amines) is 1. The van der Waals surface area contributed by atoms with Gasteiger partial charge in [0.2, 0.25) is 5.91 Å². The average molecular weight is 418 g/mol. The van der Waals surface area contributed by atoms with Crippen molar-refractivity contribution in [1.29, 1.82) is 0 Å². The zero-order chi connectivity index (χ0) is 21.8. The molecule has 1 fully saturated rings. The second-order valence-electron chi connectivity index (χ2n) is 7.65. The van der Waals surface area contributed by atoms with Gasteiger partial charge in [0.1, 0.15) is 11.5 Å². The topological polar surface area (TPSA) is 67.9 Å². The number of carbonyl (C=O) groups is 2. The van der Waals surface area contributed by atoms with Crippen molar-refractivity contribution in [1.82, 2.24) is 4.90 Å². The SMILES string of the molecule is COc1ccc(NC(=O)C2CCN(C(=O)c3ccc(OC)c4ccccc34)CC2)cc1. The van der Waals surface area contributed by atoms with Crippen molar-refractivity contribution in [2.75, 3.05) is 32.6 Å². The quantitative estimate of drug-likeness (QED) is 0.669. The molecule has 3 aromatic carbocycles. The van der Waals surface area contributed by atoms with Crippen LogP contribution in [-0.4, -0.2) is 44.0 Å². The molecule has 0 radical (unpaired) electrons. The van der Waals surface area contributed by atoms with Crippen molar-refractivity contribution >= 4 is 28.3 Å². The number of piperidine rings is 1. The minimum Gasteiger partial charge on any atom is -0.497 e. The summed E-state index contributed by atoms with van der Waals surface area (Å²) in [6.45, 7) is 1.11. The number of nitrogens with one attached hydrogen (secondary N) is 1. The second kappa shape index (κ2) is 9.08. The van der Waals surface area contributed by atoms with E-state index in [4.69, 9.17) is 9.47 Å². The van der Waals surface area contributed by atoms with Crippen molar-refractivity contribution in [3.63, 3.8) is 0 Å². The van der Waals surface area contributed by atoms with Gasteiger partial charge in [-0.25, -0.2) is 0 Å². The van der Waals surface area contributed by atoms with E-state index in [-0.39, 0.29) is 17.7 Å². The number of nitrogens with zero attached hydrogens (tertiary/aromatic N) is 1. The molecule has 0 unspecified atom stereocenters. The number of ether oxygens (including phenoxy) is 2. The molecule has 2 amide bonds. The maximum absolute atomic E-state index is 13.2. The molecule has 1 saturated heterocycles. The maximum atomic E-state index is 13.2. The first-order valence-electron chi connectivity index (χ1n) is 10.4. The molecule has 0 aliphatic carbocycles. The fourth-order valence-electron chi connectivity index (χ4n) is 4.07. The third-order valence-electron chi connectivity index (χ3n) is 5.84. The van der Waals surface area contributed by atoms with Crippen molar-refractivity contribution in [3.8, 4) is 11.5 Å². The first kappa shape index (κ1) is 20.7. The lowest BCUT2D eigenvalue weighted by Gasteiger charge is -2.31. The lowest BCUT2D eigenvalue weighted by molar-refractivity contribution is -0.121. The van der Waals surface area contributed by atoms with E-state index in [2.05, 4.69) is 5.32 Å². The van der Waals surface area contributed by atoms with Crippen molar-refractivity contribution in [2.45, 2.75) is 12.8 Å². The Labute approximate surface area is 181 Å². The van der Waals surface area contributed by atoms with E-state index in [1.165, 1.54) is 0 Å². The minimum absolute atomic E-state index is 0.00661. The third-order valence-corrected chi connectivity index (χ3v) is 5.84. The summed E-state index contributed by atoms with van der Waals surface area (Å²) < 4.78 is 10.6. The number of methoxy groups -OCH3 is 2. The van der Waals surface area contributed by atoms with Crippen molar-refractivity contribution < 1.29 is 19.1 Å². The number of fused-ring (bicyclic) bond motifs is 1. The highest BCUT2D eigenvalue weighted by molar-refractivity contribution is 6.08. The molecular formula is C25H26N2O4. The van der Waals surface area contributed by atoms with Gasteiger partial charge in [0.05, 0.1) is 14.2 Å². The van der Waals surface area contributed by atoms with E-state index in [0.717, 1.165) is 28.0 Å². The summed E-state index contributed by atoms with van der Waals surface area (Å²) in [7, 11) is 3.24. The molecule has 0 aromatic heterocycles. The first-order valence-corrected chi connectivity index (χ1v) is 10.4. The molecule has 160 valence electrons. The summed E-state index contributed by atoms with van der Waals surface area (Å²) in [6, 6.07) is 18.7. The van der Waals surface area contributed by atoms with E-state index in [1.54, 1.807) is 14.2 Å². The number of anilines is 1. The van der Waals surface area contributed by atoms with Gasteiger partial charge in [0.25, 0.3) is 5.91 Å². The number of rotatable bonds is 5. The van der Waals surface area contributed by atoms with Crippen LogP contribution in [0.15, 0.2) is 60.7 Å². The minimum atomic E-state index is -0.112. The smallest absolute Gasteiger partial charge is 0.254 e. The average Bonchev–Trinajstić information content (AvgIpc) is 2.83. The van der Waals surface area contributed by atoms with Gasteiger partial charge in [0, 0.05) is 35.6 Å². The van der Waals surface area contributed by atoms with Gasteiger partial charge in [-0.05, 0) is 54.6 Å². The highest BCUT2D eigenvalue weighted by Crippen LogP contribution is 2.30. The molecule has 0 bridgehead atoms. The van der Waals surface area contributed by atoms with Crippen LogP contribution < -0.4 is 14.8 Å². The highest BCUT2D eigenvalue weighted by Gasteiger charge is 2.28. The van der Waals surface area contributed by atoms with Gasteiger partial charge in [-0.1, -0.05) is 24.3 Å². The van der Waals surface area contributed by atoms with Gasteiger partial charge in [-0.3, -0.25) is 9.59 Å².